The number of aromatic nitrogens is 2. The highest BCUT2D eigenvalue weighted by molar-refractivity contribution is 5.38. The number of rotatable bonds is 2. The highest BCUT2D eigenvalue weighted by atomic mass is 19.4. The maximum Gasteiger partial charge on any atom is 0.406 e. The Morgan fingerprint density at radius 1 is 0.880 bits per heavy atom. The molecule has 0 aliphatic heterocycles. The summed E-state index contributed by atoms with van der Waals surface area (Å²) in [5, 5.41) is 9.25. The summed E-state index contributed by atoms with van der Waals surface area (Å²) in [5.41, 5.74) is -6.04. The van der Waals surface area contributed by atoms with Gasteiger partial charge in [-0.05, 0) is 0 Å². The summed E-state index contributed by atoms with van der Waals surface area (Å²) in [6.07, 6.45) is -5.11. The molecule has 1 heterocycles. The SMILES string of the molecule is O=c1cc(O)n(CC(F)(F)F)c(=O)n1-c1c(F)c(F)c(F)c(F)c1F. The molecule has 0 aliphatic carbocycles. The first-order chi connectivity index (χ1) is 11.4. The quantitative estimate of drug-likeness (QED) is 0.495. The van der Waals surface area contributed by atoms with E-state index in [4.69, 9.17) is 0 Å². The van der Waals surface area contributed by atoms with Crippen molar-refractivity contribution in [2.75, 3.05) is 0 Å². The summed E-state index contributed by atoms with van der Waals surface area (Å²) in [6.45, 7) is -2.19. The van der Waals surface area contributed by atoms with Crippen molar-refractivity contribution in [3.8, 4) is 11.6 Å². The molecule has 0 aliphatic rings. The monoisotopic (exact) mass is 376 g/mol. The van der Waals surface area contributed by atoms with E-state index in [1.54, 1.807) is 0 Å². The summed E-state index contributed by atoms with van der Waals surface area (Å²) in [6, 6.07) is -0.0504. The number of halogens is 8. The van der Waals surface area contributed by atoms with Gasteiger partial charge in [0.05, 0.1) is 6.07 Å². The average molecular weight is 376 g/mol. The summed E-state index contributed by atoms with van der Waals surface area (Å²) in [7, 11) is 0. The van der Waals surface area contributed by atoms with Crippen LogP contribution in [0, 0.1) is 29.1 Å². The van der Waals surface area contributed by atoms with E-state index in [0.717, 1.165) is 0 Å². The van der Waals surface area contributed by atoms with Crippen molar-refractivity contribution in [2.45, 2.75) is 12.7 Å². The zero-order valence-electron chi connectivity index (χ0n) is 11.5. The number of benzene rings is 1. The lowest BCUT2D eigenvalue weighted by atomic mass is 10.2. The molecule has 13 heteroatoms. The maximum absolute atomic E-state index is 13.7. The van der Waals surface area contributed by atoms with Gasteiger partial charge in [0.1, 0.15) is 12.2 Å². The molecule has 0 bridgehead atoms. The number of hydrogen-bond acceptors (Lipinski definition) is 3. The molecule has 1 aromatic heterocycles. The van der Waals surface area contributed by atoms with E-state index in [0.29, 0.717) is 0 Å². The standard InChI is InChI=1S/C12H4F8N2O3/c13-5-6(14)8(16)10(9(17)7(5)15)22-4(24)1-3(23)21(11(22)25)2-12(18,19)20/h1,23H,2H2. The van der Waals surface area contributed by atoms with Crippen molar-refractivity contribution in [3.63, 3.8) is 0 Å². The zero-order valence-corrected chi connectivity index (χ0v) is 11.5. The first-order valence-corrected chi connectivity index (χ1v) is 6.01. The Balaban J connectivity index is 2.94. The fourth-order valence-electron chi connectivity index (χ4n) is 1.89. The van der Waals surface area contributed by atoms with E-state index >= 15 is 0 Å². The van der Waals surface area contributed by atoms with E-state index in [-0.39, 0.29) is 6.07 Å². The molecule has 2 aromatic rings. The molecule has 0 saturated carbocycles. The van der Waals surface area contributed by atoms with E-state index in [1.807, 2.05) is 0 Å². The van der Waals surface area contributed by atoms with E-state index in [1.165, 1.54) is 0 Å². The molecule has 0 spiro atoms. The number of nitrogens with zero attached hydrogens (tertiary/aromatic N) is 2. The Morgan fingerprint density at radius 3 is 1.76 bits per heavy atom. The van der Waals surface area contributed by atoms with Crippen molar-refractivity contribution in [3.05, 3.63) is 56.0 Å². The van der Waals surface area contributed by atoms with Gasteiger partial charge < -0.3 is 5.11 Å². The van der Waals surface area contributed by atoms with Crippen LogP contribution in [0.4, 0.5) is 35.1 Å². The van der Waals surface area contributed by atoms with Crippen LogP contribution in [0.2, 0.25) is 0 Å². The lowest BCUT2D eigenvalue weighted by molar-refractivity contribution is -0.142. The van der Waals surface area contributed by atoms with Gasteiger partial charge in [-0.15, -0.1) is 0 Å². The summed E-state index contributed by atoms with van der Waals surface area (Å²) in [4.78, 5) is 23.5. The van der Waals surface area contributed by atoms with Crippen LogP contribution in [0.15, 0.2) is 15.7 Å². The maximum atomic E-state index is 13.7. The third kappa shape index (κ3) is 3.08. The molecular formula is C12H4F8N2O3. The van der Waals surface area contributed by atoms with Gasteiger partial charge in [-0.3, -0.25) is 9.36 Å². The van der Waals surface area contributed by atoms with Gasteiger partial charge in [-0.25, -0.2) is 31.3 Å². The normalized spacial score (nSPS) is 11.8. The van der Waals surface area contributed by atoms with Crippen molar-refractivity contribution >= 4 is 0 Å². The van der Waals surface area contributed by atoms with Crippen LogP contribution < -0.4 is 11.2 Å². The van der Waals surface area contributed by atoms with Crippen molar-refractivity contribution in [1.29, 1.82) is 0 Å². The molecule has 0 saturated heterocycles. The van der Waals surface area contributed by atoms with Gasteiger partial charge in [-0.2, -0.15) is 13.2 Å². The van der Waals surface area contributed by atoms with Crippen LogP contribution >= 0.6 is 0 Å². The molecule has 1 N–H and O–H groups in total. The first-order valence-electron chi connectivity index (χ1n) is 6.01. The van der Waals surface area contributed by atoms with Crippen LogP contribution in [-0.2, 0) is 6.54 Å². The van der Waals surface area contributed by atoms with Gasteiger partial charge >= 0.3 is 11.9 Å². The Bertz CT molecular complexity index is 947. The Morgan fingerprint density at radius 2 is 1.32 bits per heavy atom. The summed E-state index contributed by atoms with van der Waals surface area (Å²) >= 11 is 0. The highest BCUT2D eigenvalue weighted by Gasteiger charge is 2.33. The fraction of sp³-hybridized carbons (Fsp3) is 0.167. The predicted molar refractivity (Wildman–Crippen MR) is 63.8 cm³/mol. The van der Waals surface area contributed by atoms with E-state index < -0.39 is 73.8 Å². The minimum atomic E-state index is -5.11. The third-order valence-corrected chi connectivity index (χ3v) is 2.92. The smallest absolute Gasteiger partial charge is 0.406 e. The molecular weight excluding hydrogens is 372 g/mol. The van der Waals surface area contributed by atoms with Gasteiger partial charge in [0.2, 0.25) is 11.7 Å². The van der Waals surface area contributed by atoms with Crippen LogP contribution in [0.1, 0.15) is 0 Å². The number of aromatic hydroxyl groups is 1. The van der Waals surface area contributed by atoms with Crippen molar-refractivity contribution < 1.29 is 40.2 Å². The van der Waals surface area contributed by atoms with E-state index in [9.17, 15) is 49.8 Å². The number of hydrogen-bond donors (Lipinski definition) is 1. The Labute approximate surface area is 131 Å². The molecule has 5 nitrogen and oxygen atoms in total. The molecule has 25 heavy (non-hydrogen) atoms. The van der Waals surface area contributed by atoms with Gasteiger partial charge in [0.15, 0.2) is 23.3 Å². The van der Waals surface area contributed by atoms with Gasteiger partial charge in [0, 0.05) is 0 Å². The Kier molecular flexibility index (Phi) is 4.36. The molecule has 2 rings (SSSR count). The zero-order chi connectivity index (χ0) is 19.3. The lowest BCUT2D eigenvalue weighted by Gasteiger charge is -2.15. The van der Waals surface area contributed by atoms with Crippen LogP contribution in [0.5, 0.6) is 5.88 Å². The molecule has 1 aromatic carbocycles. The summed E-state index contributed by atoms with van der Waals surface area (Å²) in [5.74, 6) is -14.4. The first kappa shape index (κ1) is 18.5. The van der Waals surface area contributed by atoms with Crippen LogP contribution in [0.25, 0.3) is 5.69 Å². The molecule has 0 fully saturated rings. The second-order valence-electron chi connectivity index (χ2n) is 4.58. The van der Waals surface area contributed by atoms with Crippen molar-refractivity contribution in [2.24, 2.45) is 0 Å². The molecule has 0 amide bonds. The molecule has 0 radical (unpaired) electrons. The Hall–Kier alpha value is -2.86. The minimum Gasteiger partial charge on any atom is -0.494 e. The van der Waals surface area contributed by atoms with Crippen LogP contribution in [-0.4, -0.2) is 20.4 Å². The molecule has 136 valence electrons. The average Bonchev–Trinajstić information content (AvgIpc) is 2.49. The van der Waals surface area contributed by atoms with Crippen LogP contribution in [0.3, 0.4) is 0 Å². The third-order valence-electron chi connectivity index (χ3n) is 2.92. The molecule has 0 unspecified atom stereocenters. The molecule has 0 atom stereocenters. The lowest BCUT2D eigenvalue weighted by Crippen LogP contribution is -2.41. The largest absolute Gasteiger partial charge is 0.494 e. The minimum absolute atomic E-state index is 0.0504. The second kappa shape index (κ2) is 5.89. The van der Waals surface area contributed by atoms with E-state index in [2.05, 4.69) is 0 Å². The van der Waals surface area contributed by atoms with Gasteiger partial charge in [0.25, 0.3) is 5.56 Å². The summed E-state index contributed by atoms with van der Waals surface area (Å²) < 4.78 is 103. The topological polar surface area (TPSA) is 64.2 Å². The fourth-order valence-corrected chi connectivity index (χ4v) is 1.89. The second-order valence-corrected chi connectivity index (χ2v) is 4.58. The number of alkyl halides is 3. The predicted octanol–water partition coefficient (Wildman–Crippen LogP) is 1.96. The van der Waals surface area contributed by atoms with Gasteiger partial charge in [-0.1, -0.05) is 0 Å². The highest BCUT2D eigenvalue weighted by Crippen LogP contribution is 2.25. The van der Waals surface area contributed by atoms with Crippen molar-refractivity contribution in [1.82, 2.24) is 9.13 Å².